The van der Waals surface area contributed by atoms with E-state index in [2.05, 4.69) is 10.3 Å². The van der Waals surface area contributed by atoms with Crippen LogP contribution in [0.25, 0.3) is 0 Å². The number of carbonyl (C=O) groups excluding carboxylic acids is 2. The molecule has 0 fully saturated rings. The van der Waals surface area contributed by atoms with Crippen LogP contribution in [0.4, 0.5) is 32.4 Å². The summed E-state index contributed by atoms with van der Waals surface area (Å²) in [7, 11) is 0.989. The van der Waals surface area contributed by atoms with Crippen LogP contribution >= 0.6 is 34.8 Å². The van der Waals surface area contributed by atoms with Gasteiger partial charge in [0.15, 0.2) is 5.75 Å². The van der Waals surface area contributed by atoms with Crippen LogP contribution in [0, 0.1) is 11.6 Å². The van der Waals surface area contributed by atoms with E-state index in [1.807, 2.05) is 0 Å². The van der Waals surface area contributed by atoms with Gasteiger partial charge >= 0.3 is 12.2 Å². The molecule has 0 saturated heterocycles. The van der Waals surface area contributed by atoms with Gasteiger partial charge in [-0.3, -0.25) is 9.69 Å². The molecule has 0 saturated carbocycles. The van der Waals surface area contributed by atoms with E-state index in [1.54, 1.807) is 0 Å². The molecule has 1 heterocycles. The number of urea groups is 1. The lowest BCUT2D eigenvalue weighted by atomic mass is 10.2. The number of ether oxygens (including phenoxy) is 1. The van der Waals surface area contributed by atoms with Gasteiger partial charge in [0.1, 0.15) is 22.2 Å². The Bertz CT molecular complexity index is 1280. The molecule has 0 aliphatic heterocycles. The van der Waals surface area contributed by atoms with Crippen LogP contribution in [0.1, 0.15) is 15.9 Å². The highest BCUT2D eigenvalue weighted by Crippen LogP contribution is 2.41. The van der Waals surface area contributed by atoms with E-state index in [0.29, 0.717) is 17.2 Å². The molecule has 3 rings (SSSR count). The topological polar surface area (TPSA) is 71.5 Å². The maximum atomic E-state index is 13.9. The molecule has 3 amide bonds. The normalized spacial score (nSPS) is 11.2. The quantitative estimate of drug-likeness (QED) is 0.340. The Morgan fingerprint density at radius 2 is 1.57 bits per heavy atom. The fourth-order valence-corrected chi connectivity index (χ4v) is 3.42. The second-order valence-corrected chi connectivity index (χ2v) is 7.99. The van der Waals surface area contributed by atoms with Crippen LogP contribution in [-0.2, 0) is 6.18 Å². The molecule has 3 aromatic rings. The highest BCUT2D eigenvalue weighted by atomic mass is 35.5. The second-order valence-electron chi connectivity index (χ2n) is 6.77. The Morgan fingerprint density at radius 3 is 2.09 bits per heavy atom. The average Bonchev–Trinajstić information content (AvgIpc) is 2.75. The van der Waals surface area contributed by atoms with Crippen LogP contribution < -0.4 is 10.1 Å². The third-order valence-corrected chi connectivity index (χ3v) is 5.20. The predicted molar refractivity (Wildman–Crippen MR) is 118 cm³/mol. The van der Waals surface area contributed by atoms with E-state index in [-0.39, 0.29) is 21.5 Å². The number of halogens is 8. The average molecular weight is 555 g/mol. The van der Waals surface area contributed by atoms with Crippen molar-refractivity contribution in [1.82, 2.24) is 9.88 Å². The number of benzene rings is 2. The minimum absolute atomic E-state index is 0.0440. The summed E-state index contributed by atoms with van der Waals surface area (Å²) in [6, 6.07) is 4.58. The number of hydrogen-bond donors (Lipinski definition) is 1. The molecule has 35 heavy (non-hydrogen) atoms. The van der Waals surface area contributed by atoms with Gasteiger partial charge in [-0.25, -0.2) is 18.6 Å². The van der Waals surface area contributed by atoms with E-state index < -0.39 is 51.8 Å². The van der Waals surface area contributed by atoms with Crippen LogP contribution in [0.5, 0.6) is 11.6 Å². The molecular formula is C21H11Cl3F5N3O3. The van der Waals surface area contributed by atoms with E-state index in [1.165, 1.54) is 0 Å². The first-order valence-corrected chi connectivity index (χ1v) is 10.4. The lowest BCUT2D eigenvalue weighted by Crippen LogP contribution is -2.37. The number of aromatic nitrogens is 1. The number of amides is 3. The largest absolute Gasteiger partial charge is 0.434 e. The number of alkyl halides is 3. The molecule has 0 spiro atoms. The predicted octanol–water partition coefficient (Wildman–Crippen LogP) is 7.44. The molecule has 6 nitrogen and oxygen atoms in total. The number of rotatable bonds is 4. The Labute approximate surface area is 209 Å². The Hall–Kier alpha value is -3.15. The first-order valence-electron chi connectivity index (χ1n) is 9.22. The minimum atomic E-state index is -4.67. The number of pyridine rings is 1. The van der Waals surface area contributed by atoms with Gasteiger partial charge in [0, 0.05) is 18.9 Å². The molecule has 0 unspecified atom stereocenters. The molecular weight excluding hydrogens is 544 g/mol. The number of hydrogen-bond acceptors (Lipinski definition) is 4. The molecule has 0 aliphatic rings. The van der Waals surface area contributed by atoms with Crippen LogP contribution in [0.2, 0.25) is 15.1 Å². The second kappa shape index (κ2) is 10.2. The number of nitrogens with zero attached hydrogens (tertiary/aromatic N) is 2. The monoisotopic (exact) mass is 553 g/mol. The molecule has 0 radical (unpaired) electrons. The van der Waals surface area contributed by atoms with Crippen LogP contribution in [0.3, 0.4) is 0 Å². The summed E-state index contributed by atoms with van der Waals surface area (Å²) < 4.78 is 71.3. The first-order chi connectivity index (χ1) is 16.3. The molecule has 2 aromatic carbocycles. The van der Waals surface area contributed by atoms with E-state index in [4.69, 9.17) is 39.5 Å². The number of imide groups is 1. The molecule has 184 valence electrons. The summed E-state index contributed by atoms with van der Waals surface area (Å²) in [5, 5.41) is 1.38. The Balaban J connectivity index is 1.79. The SMILES string of the molecule is CN(C(=O)Nc1cc(Cl)c(Oc2ncc(C(F)(F)F)cc2Cl)c(Cl)c1)C(=O)c1c(F)cccc1F. The molecule has 14 heteroatoms. The fraction of sp³-hybridized carbons (Fsp3) is 0.0952. The number of carbonyl (C=O) groups is 2. The molecule has 1 N–H and O–H groups in total. The summed E-state index contributed by atoms with van der Waals surface area (Å²) in [5.41, 5.74) is -2.07. The summed E-state index contributed by atoms with van der Waals surface area (Å²) in [5.74, 6) is -4.22. The lowest BCUT2D eigenvalue weighted by molar-refractivity contribution is -0.137. The minimum Gasteiger partial charge on any atom is -0.434 e. The van der Waals surface area contributed by atoms with Gasteiger partial charge in [-0.2, -0.15) is 13.2 Å². The zero-order valence-electron chi connectivity index (χ0n) is 17.2. The maximum absolute atomic E-state index is 13.9. The number of nitrogens with one attached hydrogen (secondary N) is 1. The highest BCUT2D eigenvalue weighted by Gasteiger charge is 2.32. The van der Waals surface area contributed by atoms with Crippen LogP contribution in [0.15, 0.2) is 42.6 Å². The first kappa shape index (κ1) is 26.5. The van der Waals surface area contributed by atoms with Crippen molar-refractivity contribution in [3.63, 3.8) is 0 Å². The lowest BCUT2D eigenvalue weighted by Gasteiger charge is -2.18. The highest BCUT2D eigenvalue weighted by molar-refractivity contribution is 6.38. The zero-order chi connectivity index (χ0) is 26.1. The van der Waals surface area contributed by atoms with Crippen molar-refractivity contribution < 1.29 is 36.3 Å². The Kier molecular flexibility index (Phi) is 7.73. The molecule has 1 aromatic heterocycles. The third kappa shape index (κ3) is 5.92. The van der Waals surface area contributed by atoms with Gasteiger partial charge in [0.25, 0.3) is 5.91 Å². The van der Waals surface area contributed by atoms with E-state index >= 15 is 0 Å². The van der Waals surface area contributed by atoms with Gasteiger partial charge in [-0.05, 0) is 30.3 Å². The van der Waals surface area contributed by atoms with Gasteiger partial charge in [0.05, 0.1) is 15.6 Å². The number of anilines is 1. The van der Waals surface area contributed by atoms with Crippen molar-refractivity contribution in [3.05, 3.63) is 80.4 Å². The van der Waals surface area contributed by atoms with Crippen molar-refractivity contribution in [1.29, 1.82) is 0 Å². The third-order valence-electron chi connectivity index (χ3n) is 4.37. The fourth-order valence-electron chi connectivity index (χ4n) is 2.65. The van der Waals surface area contributed by atoms with E-state index in [9.17, 15) is 31.5 Å². The molecule has 0 atom stereocenters. The van der Waals surface area contributed by atoms with Gasteiger partial charge in [-0.1, -0.05) is 40.9 Å². The smallest absolute Gasteiger partial charge is 0.417 e. The van der Waals surface area contributed by atoms with Crippen molar-refractivity contribution in [3.8, 4) is 11.6 Å². The van der Waals surface area contributed by atoms with Gasteiger partial charge in [-0.15, -0.1) is 0 Å². The zero-order valence-corrected chi connectivity index (χ0v) is 19.5. The summed E-state index contributed by atoms with van der Waals surface area (Å²) >= 11 is 18.0. The van der Waals surface area contributed by atoms with Crippen molar-refractivity contribution >= 4 is 52.4 Å². The maximum Gasteiger partial charge on any atom is 0.417 e. The molecule has 0 aliphatic carbocycles. The van der Waals surface area contributed by atoms with E-state index in [0.717, 1.165) is 37.4 Å². The standard InChI is InChI=1S/C21H11Cl3F5N3O3/c1-32(19(33)16-14(25)3-2-4-15(16)26)20(34)31-10-6-11(22)17(12(23)7-10)35-18-13(24)5-9(8-30-18)21(27,28)29/h2-8H,1H3,(H,31,34). The Morgan fingerprint density at radius 1 is 1.00 bits per heavy atom. The van der Waals surface area contributed by atoms with Gasteiger partial charge in [0.2, 0.25) is 5.88 Å². The van der Waals surface area contributed by atoms with Crippen LogP contribution in [-0.4, -0.2) is 28.9 Å². The summed E-state index contributed by atoms with van der Waals surface area (Å²) in [6.07, 6.45) is -4.17. The van der Waals surface area contributed by atoms with Crippen molar-refractivity contribution in [2.45, 2.75) is 6.18 Å². The molecule has 0 bridgehead atoms. The summed E-state index contributed by atoms with van der Waals surface area (Å²) in [6.45, 7) is 0. The summed E-state index contributed by atoms with van der Waals surface area (Å²) in [4.78, 5) is 28.7. The van der Waals surface area contributed by atoms with Gasteiger partial charge < -0.3 is 10.1 Å². The van der Waals surface area contributed by atoms with Crippen molar-refractivity contribution in [2.75, 3.05) is 12.4 Å². The van der Waals surface area contributed by atoms with Crippen molar-refractivity contribution in [2.24, 2.45) is 0 Å².